The van der Waals surface area contributed by atoms with Crippen LogP contribution in [0.4, 0.5) is 8.78 Å². The van der Waals surface area contributed by atoms with Crippen LogP contribution in [-0.4, -0.2) is 11.0 Å². The molecule has 3 rings (SSSR count). The van der Waals surface area contributed by atoms with Gasteiger partial charge in [0, 0.05) is 22.7 Å². The highest BCUT2D eigenvalue weighted by atomic mass is 19.2. The van der Waals surface area contributed by atoms with Crippen LogP contribution in [0.1, 0.15) is 11.1 Å². The Labute approximate surface area is 125 Å². The van der Waals surface area contributed by atoms with Crippen molar-refractivity contribution in [3.8, 4) is 0 Å². The van der Waals surface area contributed by atoms with Crippen molar-refractivity contribution in [2.45, 2.75) is 13.0 Å². The number of rotatable bonds is 4. The van der Waals surface area contributed by atoms with Crippen LogP contribution in [0.3, 0.4) is 0 Å². The molecule has 0 bridgehead atoms. The number of carbonyl (C=O) groups excluding carboxylic acids is 1. The number of esters is 1. The molecule has 112 valence electrons. The number of nitrogens with one attached hydrogen (secondary N) is 1. The van der Waals surface area contributed by atoms with E-state index in [4.69, 9.17) is 4.74 Å². The number of carbonyl (C=O) groups is 1. The van der Waals surface area contributed by atoms with Gasteiger partial charge in [-0.25, -0.2) is 8.78 Å². The van der Waals surface area contributed by atoms with Gasteiger partial charge in [-0.15, -0.1) is 0 Å². The number of halogens is 2. The molecule has 0 unspecified atom stereocenters. The second kappa shape index (κ2) is 5.97. The lowest BCUT2D eigenvalue weighted by atomic mass is 10.1. The second-order valence-corrected chi connectivity index (χ2v) is 4.91. The highest BCUT2D eigenvalue weighted by Gasteiger charge is 2.12. The van der Waals surface area contributed by atoms with Gasteiger partial charge in [0.1, 0.15) is 6.61 Å². The van der Waals surface area contributed by atoms with Crippen LogP contribution in [-0.2, 0) is 22.6 Å². The van der Waals surface area contributed by atoms with Crippen molar-refractivity contribution in [3.05, 3.63) is 71.4 Å². The van der Waals surface area contributed by atoms with Gasteiger partial charge in [0.25, 0.3) is 0 Å². The number of H-pyrrole nitrogens is 1. The number of fused-ring (bicyclic) bond motifs is 1. The first-order valence-electron chi connectivity index (χ1n) is 6.78. The predicted octanol–water partition coefficient (Wildman–Crippen LogP) is 3.73. The SMILES string of the molecule is O=C(Cc1c[nH]c2ccccc12)OCc1cccc(F)c1F. The Balaban J connectivity index is 1.67. The Hall–Kier alpha value is -2.69. The largest absolute Gasteiger partial charge is 0.460 e. The summed E-state index contributed by atoms with van der Waals surface area (Å²) in [5.41, 5.74) is 1.76. The molecule has 0 spiro atoms. The monoisotopic (exact) mass is 301 g/mol. The molecule has 0 radical (unpaired) electrons. The quantitative estimate of drug-likeness (QED) is 0.746. The Morgan fingerprint density at radius 3 is 2.73 bits per heavy atom. The average Bonchev–Trinajstić information content (AvgIpc) is 2.92. The highest BCUT2D eigenvalue weighted by molar-refractivity contribution is 5.87. The third kappa shape index (κ3) is 2.83. The van der Waals surface area contributed by atoms with Crippen LogP contribution in [0, 0.1) is 11.6 Å². The highest BCUT2D eigenvalue weighted by Crippen LogP contribution is 2.19. The van der Waals surface area contributed by atoms with Crippen molar-refractivity contribution in [3.63, 3.8) is 0 Å². The summed E-state index contributed by atoms with van der Waals surface area (Å²) in [4.78, 5) is 14.9. The normalized spacial score (nSPS) is 10.8. The van der Waals surface area contributed by atoms with Gasteiger partial charge in [-0.2, -0.15) is 0 Å². The molecular formula is C17H13F2NO2. The van der Waals surface area contributed by atoms with E-state index in [1.807, 2.05) is 24.3 Å². The van der Waals surface area contributed by atoms with Gasteiger partial charge in [0.2, 0.25) is 0 Å². The van der Waals surface area contributed by atoms with Gasteiger partial charge in [-0.05, 0) is 17.7 Å². The zero-order chi connectivity index (χ0) is 15.5. The molecule has 5 heteroatoms. The molecule has 0 aliphatic heterocycles. The fourth-order valence-electron chi connectivity index (χ4n) is 2.30. The smallest absolute Gasteiger partial charge is 0.310 e. The first-order valence-corrected chi connectivity index (χ1v) is 6.78. The number of para-hydroxylation sites is 1. The average molecular weight is 301 g/mol. The summed E-state index contributed by atoms with van der Waals surface area (Å²) in [6.45, 7) is -0.287. The van der Waals surface area contributed by atoms with E-state index in [0.29, 0.717) is 0 Å². The lowest BCUT2D eigenvalue weighted by Gasteiger charge is -2.06. The lowest BCUT2D eigenvalue weighted by molar-refractivity contribution is -0.144. The molecule has 0 fully saturated rings. The van der Waals surface area contributed by atoms with Gasteiger partial charge in [0.05, 0.1) is 6.42 Å². The van der Waals surface area contributed by atoms with Crippen LogP contribution in [0.2, 0.25) is 0 Å². The van der Waals surface area contributed by atoms with E-state index in [1.165, 1.54) is 12.1 Å². The van der Waals surface area contributed by atoms with Crippen LogP contribution >= 0.6 is 0 Å². The van der Waals surface area contributed by atoms with Crippen molar-refractivity contribution < 1.29 is 18.3 Å². The van der Waals surface area contributed by atoms with Crippen LogP contribution in [0.25, 0.3) is 10.9 Å². The molecule has 0 saturated carbocycles. The van der Waals surface area contributed by atoms with E-state index in [9.17, 15) is 13.6 Å². The molecule has 3 aromatic rings. The zero-order valence-corrected chi connectivity index (χ0v) is 11.6. The van der Waals surface area contributed by atoms with Crippen LogP contribution < -0.4 is 0 Å². The summed E-state index contributed by atoms with van der Waals surface area (Å²) in [6, 6.07) is 11.4. The molecule has 0 atom stereocenters. The van der Waals surface area contributed by atoms with Crippen LogP contribution in [0.15, 0.2) is 48.7 Å². The summed E-state index contributed by atoms with van der Waals surface area (Å²) in [6.07, 6.45) is 1.82. The maximum absolute atomic E-state index is 13.5. The maximum atomic E-state index is 13.5. The Morgan fingerprint density at radius 2 is 1.86 bits per heavy atom. The van der Waals surface area contributed by atoms with Gasteiger partial charge in [-0.3, -0.25) is 4.79 Å². The van der Waals surface area contributed by atoms with Gasteiger partial charge in [0.15, 0.2) is 11.6 Å². The van der Waals surface area contributed by atoms with E-state index >= 15 is 0 Å². The molecule has 1 heterocycles. The van der Waals surface area contributed by atoms with E-state index in [1.54, 1.807) is 6.20 Å². The van der Waals surface area contributed by atoms with Crippen molar-refractivity contribution in [2.24, 2.45) is 0 Å². The topological polar surface area (TPSA) is 42.1 Å². The molecule has 3 nitrogen and oxygen atoms in total. The minimum Gasteiger partial charge on any atom is -0.460 e. The van der Waals surface area contributed by atoms with Gasteiger partial charge < -0.3 is 9.72 Å². The Kier molecular flexibility index (Phi) is 3.87. The summed E-state index contributed by atoms with van der Waals surface area (Å²) in [5.74, 6) is -2.43. The minimum atomic E-state index is -0.984. The minimum absolute atomic E-state index is 0.0206. The lowest BCUT2D eigenvalue weighted by Crippen LogP contribution is -2.09. The molecule has 0 saturated heterocycles. The van der Waals surface area contributed by atoms with Gasteiger partial charge in [-0.1, -0.05) is 30.3 Å². The summed E-state index contributed by atoms with van der Waals surface area (Å²) >= 11 is 0. The maximum Gasteiger partial charge on any atom is 0.310 e. The van der Waals surface area contributed by atoms with Crippen LogP contribution in [0.5, 0.6) is 0 Å². The molecular weight excluding hydrogens is 288 g/mol. The van der Waals surface area contributed by atoms with Gasteiger partial charge >= 0.3 is 5.97 Å². The predicted molar refractivity (Wildman–Crippen MR) is 78.2 cm³/mol. The third-order valence-electron chi connectivity index (χ3n) is 3.43. The number of aromatic nitrogens is 1. The number of ether oxygens (including phenoxy) is 1. The van der Waals surface area contributed by atoms with E-state index in [2.05, 4.69) is 4.98 Å². The molecule has 0 aliphatic rings. The fourth-order valence-corrected chi connectivity index (χ4v) is 2.30. The zero-order valence-electron chi connectivity index (χ0n) is 11.6. The number of hydrogen-bond acceptors (Lipinski definition) is 2. The van der Waals surface area contributed by atoms with E-state index < -0.39 is 17.6 Å². The molecule has 2 aromatic carbocycles. The summed E-state index contributed by atoms with van der Waals surface area (Å²) in [5, 5.41) is 0.941. The van der Waals surface area contributed by atoms with Crippen molar-refractivity contribution in [1.29, 1.82) is 0 Å². The standard InChI is InChI=1S/C17H13F2NO2/c18-14-6-3-4-11(17(14)19)10-22-16(21)8-12-9-20-15-7-2-1-5-13(12)15/h1-7,9,20H,8,10H2. The second-order valence-electron chi connectivity index (χ2n) is 4.91. The molecule has 0 aliphatic carbocycles. The Bertz CT molecular complexity index is 826. The van der Waals surface area contributed by atoms with E-state index in [0.717, 1.165) is 22.5 Å². The van der Waals surface area contributed by atoms with Crippen molar-refractivity contribution in [1.82, 2.24) is 4.98 Å². The first kappa shape index (κ1) is 14.3. The fraction of sp³-hybridized carbons (Fsp3) is 0.118. The van der Waals surface area contributed by atoms with Crippen molar-refractivity contribution >= 4 is 16.9 Å². The summed E-state index contributed by atoms with van der Waals surface area (Å²) < 4.78 is 31.6. The molecule has 0 amide bonds. The van der Waals surface area contributed by atoms with E-state index in [-0.39, 0.29) is 18.6 Å². The number of aromatic amines is 1. The molecule has 22 heavy (non-hydrogen) atoms. The molecule has 1 N–H and O–H groups in total. The number of hydrogen-bond donors (Lipinski definition) is 1. The third-order valence-corrected chi connectivity index (χ3v) is 3.43. The summed E-state index contributed by atoms with van der Waals surface area (Å²) in [7, 11) is 0. The Morgan fingerprint density at radius 1 is 1.05 bits per heavy atom. The molecule has 1 aromatic heterocycles. The first-order chi connectivity index (χ1) is 10.6. The number of benzene rings is 2. The van der Waals surface area contributed by atoms with Crippen molar-refractivity contribution in [2.75, 3.05) is 0 Å².